The zero-order chi connectivity index (χ0) is 19.0. The molecule has 1 aliphatic heterocycles. The van der Waals surface area contributed by atoms with E-state index in [1.807, 2.05) is 5.38 Å². The number of carbonyl (C=O) groups is 1. The quantitative estimate of drug-likeness (QED) is 0.493. The number of nitro groups is 1. The Bertz CT molecular complexity index is 953. The number of hydrogen-bond acceptors (Lipinski definition) is 7. The van der Waals surface area contributed by atoms with Crippen LogP contribution in [0.3, 0.4) is 0 Å². The summed E-state index contributed by atoms with van der Waals surface area (Å²) in [4.78, 5) is 24.4. The molecular weight excluding hydrogens is 370 g/mol. The van der Waals surface area contributed by atoms with Crippen molar-refractivity contribution in [1.29, 1.82) is 0 Å². The monoisotopic (exact) mass is 387 g/mol. The zero-order valence-electron chi connectivity index (χ0n) is 14.6. The molecule has 9 heteroatoms. The van der Waals surface area contributed by atoms with Gasteiger partial charge in [-0.1, -0.05) is 6.92 Å². The first kappa shape index (κ1) is 17.5. The number of nitro benzene ring substituents is 1. The lowest BCUT2D eigenvalue weighted by Gasteiger charge is -2.18. The average Bonchev–Trinajstić information content (AvgIpc) is 3.26. The first-order valence-corrected chi connectivity index (χ1v) is 9.41. The number of benzene rings is 1. The Labute approximate surface area is 158 Å². The third-order valence-electron chi connectivity index (χ3n) is 4.73. The van der Waals surface area contributed by atoms with Crippen molar-refractivity contribution in [2.75, 3.05) is 6.79 Å². The fourth-order valence-electron chi connectivity index (χ4n) is 3.30. The second-order valence-electron chi connectivity index (χ2n) is 6.62. The Balaban J connectivity index is 1.52. The van der Waals surface area contributed by atoms with Gasteiger partial charge in [-0.2, -0.15) is 5.10 Å². The van der Waals surface area contributed by atoms with Gasteiger partial charge in [0.15, 0.2) is 11.5 Å². The SMILES string of the molecule is CC1CCc2c(C(=O)NN=Cc3cc4c(cc3[N+](=O)[O-])OCO4)csc2C1. The maximum atomic E-state index is 12.5. The highest BCUT2D eigenvalue weighted by atomic mass is 32.1. The summed E-state index contributed by atoms with van der Waals surface area (Å²) >= 11 is 1.60. The Morgan fingerprint density at radius 2 is 2.19 bits per heavy atom. The number of thiophene rings is 1. The van der Waals surface area contributed by atoms with Crippen LogP contribution in [0.15, 0.2) is 22.6 Å². The predicted octanol–water partition coefficient (Wildman–Crippen LogP) is 3.27. The lowest BCUT2D eigenvalue weighted by Crippen LogP contribution is -2.20. The third kappa shape index (κ3) is 3.37. The van der Waals surface area contributed by atoms with Gasteiger partial charge in [-0.3, -0.25) is 14.9 Å². The van der Waals surface area contributed by atoms with Gasteiger partial charge in [0, 0.05) is 10.3 Å². The van der Waals surface area contributed by atoms with Crippen molar-refractivity contribution in [3.05, 3.63) is 49.2 Å². The fraction of sp³-hybridized carbons (Fsp3) is 0.333. The van der Waals surface area contributed by atoms with Crippen LogP contribution in [0.2, 0.25) is 0 Å². The van der Waals surface area contributed by atoms with Crippen LogP contribution >= 0.6 is 11.3 Å². The number of nitrogens with zero attached hydrogens (tertiary/aromatic N) is 2. The molecule has 0 bridgehead atoms. The molecule has 1 aromatic heterocycles. The molecule has 2 aliphatic rings. The Morgan fingerprint density at radius 1 is 1.41 bits per heavy atom. The van der Waals surface area contributed by atoms with E-state index < -0.39 is 4.92 Å². The number of fused-ring (bicyclic) bond motifs is 2. The fourth-order valence-corrected chi connectivity index (χ4v) is 4.54. The molecule has 1 N–H and O–H groups in total. The molecule has 27 heavy (non-hydrogen) atoms. The lowest BCUT2D eigenvalue weighted by molar-refractivity contribution is -0.385. The molecule has 2 aromatic rings. The second kappa shape index (κ2) is 6.99. The third-order valence-corrected chi connectivity index (χ3v) is 5.79. The number of rotatable bonds is 4. The van der Waals surface area contributed by atoms with Crippen LogP contribution in [0, 0.1) is 16.0 Å². The highest BCUT2D eigenvalue weighted by Crippen LogP contribution is 2.37. The largest absolute Gasteiger partial charge is 0.454 e. The van der Waals surface area contributed by atoms with Gasteiger partial charge in [0.25, 0.3) is 11.6 Å². The van der Waals surface area contributed by atoms with E-state index in [0.717, 1.165) is 24.8 Å². The number of amides is 1. The summed E-state index contributed by atoms with van der Waals surface area (Å²) in [7, 11) is 0. The standard InChI is InChI=1S/C18H17N3O5S/c1-10-2-3-12-13(8-27-17(12)4-10)18(22)20-19-7-11-5-15-16(26-9-25-15)6-14(11)21(23)24/h5-8,10H,2-4,9H2,1H3,(H,20,22). The Morgan fingerprint density at radius 3 is 2.96 bits per heavy atom. The Kier molecular flexibility index (Phi) is 4.53. The normalized spacial score (nSPS) is 17.7. The molecule has 1 unspecified atom stereocenters. The van der Waals surface area contributed by atoms with Gasteiger partial charge in [-0.05, 0) is 36.8 Å². The predicted molar refractivity (Wildman–Crippen MR) is 99.8 cm³/mol. The summed E-state index contributed by atoms with van der Waals surface area (Å²) in [5, 5.41) is 17.0. The number of ether oxygens (including phenoxy) is 2. The van der Waals surface area contributed by atoms with Gasteiger partial charge < -0.3 is 9.47 Å². The van der Waals surface area contributed by atoms with E-state index in [9.17, 15) is 14.9 Å². The van der Waals surface area contributed by atoms with Crippen LogP contribution in [0.4, 0.5) is 5.69 Å². The van der Waals surface area contributed by atoms with Crippen molar-refractivity contribution in [1.82, 2.24) is 5.43 Å². The van der Waals surface area contributed by atoms with Crippen LogP contribution in [0.25, 0.3) is 0 Å². The van der Waals surface area contributed by atoms with E-state index >= 15 is 0 Å². The number of hydrogen-bond donors (Lipinski definition) is 1. The number of carbonyl (C=O) groups excluding carboxylic acids is 1. The lowest BCUT2D eigenvalue weighted by atomic mass is 9.88. The van der Waals surface area contributed by atoms with Gasteiger partial charge in [0.1, 0.15) is 0 Å². The topological polar surface area (TPSA) is 103 Å². The van der Waals surface area contributed by atoms with Gasteiger partial charge in [-0.15, -0.1) is 11.3 Å². The summed E-state index contributed by atoms with van der Waals surface area (Å²) in [5.41, 5.74) is 4.27. The van der Waals surface area contributed by atoms with E-state index in [1.54, 1.807) is 11.3 Å². The molecule has 1 amide bonds. The smallest absolute Gasteiger partial charge is 0.282 e. The maximum Gasteiger partial charge on any atom is 0.282 e. The van der Waals surface area contributed by atoms with Crippen LogP contribution in [-0.4, -0.2) is 23.8 Å². The van der Waals surface area contributed by atoms with Crippen LogP contribution in [0.1, 0.15) is 39.7 Å². The molecule has 0 saturated heterocycles. The average molecular weight is 387 g/mol. The molecule has 1 aromatic carbocycles. The van der Waals surface area contributed by atoms with E-state index in [-0.39, 0.29) is 24.0 Å². The highest BCUT2D eigenvalue weighted by Gasteiger charge is 2.24. The number of nitrogens with one attached hydrogen (secondary N) is 1. The molecule has 0 radical (unpaired) electrons. The minimum atomic E-state index is -0.526. The highest BCUT2D eigenvalue weighted by molar-refractivity contribution is 7.10. The van der Waals surface area contributed by atoms with E-state index in [4.69, 9.17) is 9.47 Å². The molecule has 1 atom stereocenters. The maximum absolute atomic E-state index is 12.5. The van der Waals surface area contributed by atoms with Crippen molar-refractivity contribution < 1.29 is 19.2 Å². The van der Waals surface area contributed by atoms with Crippen LogP contribution in [-0.2, 0) is 12.8 Å². The minimum Gasteiger partial charge on any atom is -0.454 e. The van der Waals surface area contributed by atoms with Crippen molar-refractivity contribution in [2.24, 2.45) is 11.0 Å². The molecule has 0 spiro atoms. The summed E-state index contributed by atoms with van der Waals surface area (Å²) in [5.74, 6) is 1.06. The molecular formula is C18H17N3O5S. The van der Waals surface area contributed by atoms with E-state index in [0.29, 0.717) is 23.0 Å². The molecule has 8 nitrogen and oxygen atoms in total. The Hall–Kier alpha value is -2.94. The zero-order valence-corrected chi connectivity index (χ0v) is 15.4. The summed E-state index contributed by atoms with van der Waals surface area (Å²) in [6.45, 7) is 2.23. The van der Waals surface area contributed by atoms with Crippen molar-refractivity contribution >= 4 is 29.1 Å². The van der Waals surface area contributed by atoms with Crippen molar-refractivity contribution in [2.45, 2.75) is 26.2 Å². The molecule has 140 valence electrons. The van der Waals surface area contributed by atoms with Crippen molar-refractivity contribution in [3.63, 3.8) is 0 Å². The van der Waals surface area contributed by atoms with Gasteiger partial charge >= 0.3 is 0 Å². The molecule has 4 rings (SSSR count). The van der Waals surface area contributed by atoms with E-state index in [2.05, 4.69) is 17.5 Å². The van der Waals surface area contributed by atoms with Gasteiger partial charge in [-0.25, -0.2) is 5.43 Å². The van der Waals surface area contributed by atoms with Crippen molar-refractivity contribution in [3.8, 4) is 11.5 Å². The second-order valence-corrected chi connectivity index (χ2v) is 7.58. The first-order chi connectivity index (χ1) is 13.0. The van der Waals surface area contributed by atoms with Crippen LogP contribution < -0.4 is 14.9 Å². The van der Waals surface area contributed by atoms with Gasteiger partial charge in [0.05, 0.1) is 28.3 Å². The van der Waals surface area contributed by atoms with Crippen LogP contribution in [0.5, 0.6) is 11.5 Å². The summed E-state index contributed by atoms with van der Waals surface area (Å²) in [6, 6.07) is 2.77. The molecule has 0 fully saturated rings. The van der Waals surface area contributed by atoms with E-state index in [1.165, 1.54) is 23.2 Å². The molecule has 0 saturated carbocycles. The molecule has 2 heterocycles. The first-order valence-electron chi connectivity index (χ1n) is 8.53. The van der Waals surface area contributed by atoms with Gasteiger partial charge in [0.2, 0.25) is 6.79 Å². The summed E-state index contributed by atoms with van der Waals surface area (Å²) < 4.78 is 10.4. The summed E-state index contributed by atoms with van der Waals surface area (Å²) in [6.07, 6.45) is 4.20. The minimum absolute atomic E-state index is 0.0195. The number of hydrazone groups is 1. The molecule has 1 aliphatic carbocycles.